The number of aliphatic hydroxyl groups excluding tert-OH is 1. The van der Waals surface area contributed by atoms with E-state index in [4.69, 9.17) is 37.0 Å². The van der Waals surface area contributed by atoms with Crippen LogP contribution in [0.2, 0.25) is 0 Å². The third kappa shape index (κ3) is 57.6. The number of unbranched alkanes of at least 4 members (excludes halogenated alkanes) is 26. The highest BCUT2D eigenvalue weighted by atomic mass is 31.2. The molecule has 3 N–H and O–H groups in total. The minimum absolute atomic E-state index is 0.101. The first-order chi connectivity index (χ1) is 39.6. The zero-order valence-electron chi connectivity index (χ0n) is 53.8. The quantitative estimate of drug-likeness (QED) is 0.0222. The third-order valence-corrected chi connectivity index (χ3v) is 16.8. The summed E-state index contributed by atoms with van der Waals surface area (Å²) in [5, 5.41) is 10.5. The van der Waals surface area contributed by atoms with E-state index in [-0.39, 0.29) is 25.7 Å². The molecule has 6 atom stereocenters. The minimum atomic E-state index is -4.94. The lowest BCUT2D eigenvalue weighted by Gasteiger charge is -2.21. The molecule has 0 rings (SSSR count). The number of carbonyl (C=O) groups is 4. The Morgan fingerprint density at radius 2 is 0.578 bits per heavy atom. The second-order valence-corrected chi connectivity index (χ2v) is 27.7. The van der Waals surface area contributed by atoms with Crippen LogP contribution >= 0.6 is 15.6 Å². The monoisotopic (exact) mass is 1230 g/mol. The van der Waals surface area contributed by atoms with Crippen molar-refractivity contribution in [1.29, 1.82) is 0 Å². The van der Waals surface area contributed by atoms with Gasteiger partial charge in [-0.1, -0.05) is 254 Å². The third-order valence-electron chi connectivity index (χ3n) is 14.9. The van der Waals surface area contributed by atoms with Crippen LogP contribution in [-0.4, -0.2) is 96.7 Å². The summed E-state index contributed by atoms with van der Waals surface area (Å²) in [5.41, 5.74) is 0. The number of hydrogen-bond acceptors (Lipinski definition) is 15. The Morgan fingerprint density at radius 3 is 0.855 bits per heavy atom. The van der Waals surface area contributed by atoms with Gasteiger partial charge in [0.05, 0.1) is 26.4 Å². The second kappa shape index (κ2) is 54.2. The highest BCUT2D eigenvalue weighted by molar-refractivity contribution is 7.47. The summed E-state index contributed by atoms with van der Waals surface area (Å²) in [6, 6.07) is 0. The van der Waals surface area contributed by atoms with E-state index >= 15 is 0 Å². The van der Waals surface area contributed by atoms with Crippen molar-refractivity contribution in [2.75, 3.05) is 39.6 Å². The van der Waals surface area contributed by atoms with Crippen molar-refractivity contribution in [2.24, 2.45) is 23.7 Å². The number of phosphoric ester groups is 2. The molecule has 0 aromatic heterocycles. The smallest absolute Gasteiger partial charge is 0.462 e. The maximum Gasteiger partial charge on any atom is 0.472 e. The van der Waals surface area contributed by atoms with Crippen molar-refractivity contribution < 1.29 is 80.2 Å². The van der Waals surface area contributed by atoms with Crippen molar-refractivity contribution >= 4 is 39.5 Å². The number of aliphatic hydroxyl groups is 1. The van der Waals surface area contributed by atoms with E-state index < -0.39 is 97.5 Å². The van der Waals surface area contributed by atoms with E-state index in [9.17, 15) is 43.2 Å². The summed E-state index contributed by atoms with van der Waals surface area (Å²) in [7, 11) is -9.89. The SMILES string of the molecule is CCC(C)CCCCCCCCCCC(=O)O[C@H](COC(=O)CCCCCCCCCC(C)C)COP(=O)(O)OCC(O)COP(=O)(O)OC[C@@H](COC(=O)CCCCCCCCCCCC(C)C)OC(=O)CCCCCCCCC(C)C. The van der Waals surface area contributed by atoms with E-state index in [1.54, 1.807) is 0 Å². The van der Waals surface area contributed by atoms with Gasteiger partial charge in [0.1, 0.15) is 19.3 Å². The van der Waals surface area contributed by atoms with E-state index in [0.29, 0.717) is 37.5 Å². The van der Waals surface area contributed by atoms with Gasteiger partial charge in [-0.15, -0.1) is 0 Å². The molecule has 0 aromatic carbocycles. The summed E-state index contributed by atoms with van der Waals surface area (Å²) >= 11 is 0. The minimum Gasteiger partial charge on any atom is -0.462 e. The molecule has 0 fully saturated rings. The van der Waals surface area contributed by atoms with Gasteiger partial charge in [-0.05, 0) is 49.4 Å². The standard InChI is InChI=1S/C64H124O17P2/c1-9-57(8)43-35-27-18-13-14-20-30-38-46-63(68)80-59(50-75-62(67)45-37-29-21-15-17-25-33-41-55(4)5)52-78-82(70,71)76-48-58(65)49-77-83(72,73)79-53-60(81-64(69)47-39-31-23-22-26-34-42-56(6)7)51-74-61(66)44-36-28-19-12-10-11-16-24-32-40-54(2)3/h54-60,65H,9-53H2,1-8H3,(H,70,71)(H,72,73)/t57?,58?,59-,60-/m1/s1. The topological polar surface area (TPSA) is 237 Å². The van der Waals surface area contributed by atoms with Crippen molar-refractivity contribution in [2.45, 2.75) is 324 Å². The summed E-state index contributed by atoms with van der Waals surface area (Å²) in [6.07, 6.45) is 33.7. The summed E-state index contributed by atoms with van der Waals surface area (Å²) in [4.78, 5) is 72.2. The van der Waals surface area contributed by atoms with Crippen LogP contribution < -0.4 is 0 Å². The predicted molar refractivity (Wildman–Crippen MR) is 331 cm³/mol. The Balaban J connectivity index is 5.25. The lowest BCUT2D eigenvalue weighted by Crippen LogP contribution is -2.30. The summed E-state index contributed by atoms with van der Waals surface area (Å²) in [6.45, 7) is 13.9. The van der Waals surface area contributed by atoms with Gasteiger partial charge in [-0.3, -0.25) is 37.3 Å². The normalized spacial score (nSPS) is 14.8. The van der Waals surface area contributed by atoms with E-state index in [0.717, 1.165) is 108 Å². The van der Waals surface area contributed by atoms with Gasteiger partial charge in [0.15, 0.2) is 12.2 Å². The zero-order valence-corrected chi connectivity index (χ0v) is 55.6. The molecule has 0 spiro atoms. The number of hydrogen-bond donors (Lipinski definition) is 3. The van der Waals surface area contributed by atoms with E-state index in [2.05, 4.69) is 55.4 Å². The Bertz CT molecular complexity index is 1660. The first kappa shape index (κ1) is 81.1. The van der Waals surface area contributed by atoms with Crippen LogP contribution in [-0.2, 0) is 65.4 Å². The lowest BCUT2D eigenvalue weighted by molar-refractivity contribution is -0.161. The van der Waals surface area contributed by atoms with Crippen LogP contribution in [0.5, 0.6) is 0 Å². The van der Waals surface area contributed by atoms with Crippen molar-refractivity contribution in [3.8, 4) is 0 Å². The number of esters is 4. The molecule has 0 radical (unpaired) electrons. The van der Waals surface area contributed by atoms with Gasteiger partial charge in [0, 0.05) is 25.7 Å². The van der Waals surface area contributed by atoms with Crippen molar-refractivity contribution in [3.05, 3.63) is 0 Å². The number of rotatable bonds is 61. The van der Waals surface area contributed by atoms with Crippen LogP contribution in [0, 0.1) is 23.7 Å². The summed E-state index contributed by atoms with van der Waals surface area (Å²) in [5.74, 6) is 0.744. The molecule has 19 heteroatoms. The molecule has 0 bridgehead atoms. The molecule has 0 aliphatic heterocycles. The Morgan fingerprint density at radius 1 is 0.337 bits per heavy atom. The molecule has 0 heterocycles. The Labute approximate surface area is 505 Å². The zero-order chi connectivity index (χ0) is 61.8. The van der Waals surface area contributed by atoms with Gasteiger partial charge in [-0.25, -0.2) is 9.13 Å². The van der Waals surface area contributed by atoms with Gasteiger partial charge >= 0.3 is 39.5 Å². The van der Waals surface area contributed by atoms with Gasteiger partial charge in [0.25, 0.3) is 0 Å². The van der Waals surface area contributed by atoms with Crippen LogP contribution in [0.3, 0.4) is 0 Å². The second-order valence-electron chi connectivity index (χ2n) is 24.8. The number of carbonyl (C=O) groups excluding carboxylic acids is 4. The molecule has 0 saturated heterocycles. The highest BCUT2D eigenvalue weighted by Crippen LogP contribution is 2.45. The van der Waals surface area contributed by atoms with Crippen LogP contribution in [0.1, 0.15) is 306 Å². The molecule has 83 heavy (non-hydrogen) atoms. The molecular weight excluding hydrogens is 1100 g/mol. The lowest BCUT2D eigenvalue weighted by atomic mass is 9.99. The van der Waals surface area contributed by atoms with E-state index in [1.807, 2.05) is 0 Å². The summed E-state index contributed by atoms with van der Waals surface area (Å²) < 4.78 is 68.0. The molecule has 0 saturated carbocycles. The van der Waals surface area contributed by atoms with Crippen LogP contribution in [0.4, 0.5) is 0 Å². The average molecular weight is 1230 g/mol. The molecule has 0 aliphatic carbocycles. The Kier molecular flexibility index (Phi) is 53.0. The first-order valence-electron chi connectivity index (χ1n) is 33.2. The number of ether oxygens (including phenoxy) is 4. The molecule has 0 amide bonds. The maximum atomic E-state index is 13.0. The fourth-order valence-electron chi connectivity index (χ4n) is 9.40. The molecule has 4 unspecified atom stereocenters. The fourth-order valence-corrected chi connectivity index (χ4v) is 11.0. The van der Waals surface area contributed by atoms with Crippen molar-refractivity contribution in [3.63, 3.8) is 0 Å². The van der Waals surface area contributed by atoms with Crippen LogP contribution in [0.25, 0.3) is 0 Å². The fraction of sp³-hybridized carbons (Fsp3) is 0.938. The highest BCUT2D eigenvalue weighted by Gasteiger charge is 2.30. The molecule has 492 valence electrons. The molecule has 17 nitrogen and oxygen atoms in total. The Hall–Kier alpha value is -1.94. The number of phosphoric acid groups is 2. The van der Waals surface area contributed by atoms with Gasteiger partial charge in [-0.2, -0.15) is 0 Å². The van der Waals surface area contributed by atoms with Gasteiger partial charge in [0.2, 0.25) is 0 Å². The molecule has 0 aliphatic rings. The van der Waals surface area contributed by atoms with Crippen LogP contribution in [0.15, 0.2) is 0 Å². The molecular formula is C64H124O17P2. The predicted octanol–water partition coefficient (Wildman–Crippen LogP) is 17.4. The largest absolute Gasteiger partial charge is 0.472 e. The first-order valence-corrected chi connectivity index (χ1v) is 36.2. The maximum absolute atomic E-state index is 13.0. The van der Waals surface area contributed by atoms with Crippen molar-refractivity contribution in [1.82, 2.24) is 0 Å². The van der Waals surface area contributed by atoms with E-state index in [1.165, 1.54) is 103 Å². The molecule has 0 aromatic rings. The average Bonchev–Trinajstić information content (AvgIpc) is 3.44. The van der Waals surface area contributed by atoms with Gasteiger partial charge < -0.3 is 33.8 Å².